The van der Waals surface area contributed by atoms with Gasteiger partial charge in [0.1, 0.15) is 6.04 Å². The summed E-state index contributed by atoms with van der Waals surface area (Å²) in [6.07, 6.45) is -0.0671. The molecule has 0 spiro atoms. The van der Waals surface area contributed by atoms with Gasteiger partial charge in [-0.05, 0) is 11.5 Å². The molecule has 2 atom stereocenters. The molecule has 23 heavy (non-hydrogen) atoms. The quantitative estimate of drug-likeness (QED) is 0.643. The predicted octanol–water partition coefficient (Wildman–Crippen LogP) is 0.951. The molecular weight excluding hydrogens is 316 g/mol. The number of hydrogen-bond acceptors (Lipinski definition) is 5. The molecule has 2 unspecified atom stereocenters. The topological polar surface area (TPSA) is 101 Å². The van der Waals surface area contributed by atoms with Crippen LogP contribution in [0.15, 0.2) is 30.3 Å². The number of nitrogens with zero attached hydrogens (tertiary/aromatic N) is 1. The Kier molecular flexibility index (Phi) is 7.25. The zero-order valence-corrected chi connectivity index (χ0v) is 14.1. The van der Waals surface area contributed by atoms with E-state index in [0.717, 1.165) is 4.90 Å². The van der Waals surface area contributed by atoms with Gasteiger partial charge >= 0.3 is 5.97 Å². The standard InChI is InChI=1S/C16H22N2O4S/c1-10(2)14(16(21)22)18(15(20)12(17)9-23)13(19)8-11-6-4-3-5-7-11/h3-7,10,12,14,23H,8-9,17H2,1-2H3,(H,21,22). The summed E-state index contributed by atoms with van der Waals surface area (Å²) in [6, 6.07) is 6.54. The summed E-state index contributed by atoms with van der Waals surface area (Å²) < 4.78 is 0. The van der Waals surface area contributed by atoms with Gasteiger partial charge in [0, 0.05) is 5.75 Å². The summed E-state index contributed by atoms with van der Waals surface area (Å²) in [5, 5.41) is 9.43. The van der Waals surface area contributed by atoms with Crippen molar-refractivity contribution in [2.45, 2.75) is 32.4 Å². The molecule has 0 saturated heterocycles. The zero-order chi connectivity index (χ0) is 17.6. The van der Waals surface area contributed by atoms with Crippen molar-refractivity contribution < 1.29 is 19.5 Å². The van der Waals surface area contributed by atoms with Crippen LogP contribution in [0.3, 0.4) is 0 Å². The molecule has 0 aliphatic rings. The fourth-order valence-electron chi connectivity index (χ4n) is 2.22. The molecule has 3 N–H and O–H groups in total. The van der Waals surface area contributed by atoms with Crippen LogP contribution in [0.1, 0.15) is 19.4 Å². The number of carbonyl (C=O) groups excluding carboxylic acids is 2. The number of amides is 2. The van der Waals surface area contributed by atoms with Crippen LogP contribution in [0.5, 0.6) is 0 Å². The van der Waals surface area contributed by atoms with Gasteiger partial charge in [0.05, 0.1) is 12.5 Å². The van der Waals surface area contributed by atoms with Crippen LogP contribution in [0.4, 0.5) is 0 Å². The number of hydrogen-bond donors (Lipinski definition) is 3. The number of imide groups is 1. The van der Waals surface area contributed by atoms with E-state index < -0.39 is 35.8 Å². The number of nitrogens with two attached hydrogens (primary N) is 1. The number of carbonyl (C=O) groups is 3. The second-order valence-corrected chi connectivity index (χ2v) is 5.95. The van der Waals surface area contributed by atoms with Crippen molar-refractivity contribution in [3.63, 3.8) is 0 Å². The maximum absolute atomic E-state index is 12.6. The monoisotopic (exact) mass is 338 g/mol. The molecule has 0 saturated carbocycles. The third-order valence-electron chi connectivity index (χ3n) is 3.38. The van der Waals surface area contributed by atoms with Crippen LogP contribution in [0.2, 0.25) is 0 Å². The van der Waals surface area contributed by atoms with Crippen molar-refractivity contribution in [2.24, 2.45) is 11.7 Å². The summed E-state index contributed by atoms with van der Waals surface area (Å²) in [5.41, 5.74) is 6.37. The number of rotatable bonds is 7. The van der Waals surface area contributed by atoms with E-state index in [0.29, 0.717) is 5.56 Å². The van der Waals surface area contributed by atoms with Crippen LogP contribution in [-0.2, 0) is 20.8 Å². The number of aliphatic carboxylic acids is 1. The van der Waals surface area contributed by atoms with Crippen LogP contribution < -0.4 is 5.73 Å². The lowest BCUT2D eigenvalue weighted by molar-refractivity contribution is -0.160. The average Bonchev–Trinajstić information content (AvgIpc) is 2.50. The molecule has 1 aromatic rings. The third-order valence-corrected chi connectivity index (χ3v) is 3.77. The second kappa shape index (κ2) is 8.69. The van der Waals surface area contributed by atoms with Gasteiger partial charge < -0.3 is 10.8 Å². The van der Waals surface area contributed by atoms with E-state index in [9.17, 15) is 19.5 Å². The van der Waals surface area contributed by atoms with Crippen LogP contribution in [-0.4, -0.2) is 45.6 Å². The summed E-state index contributed by atoms with van der Waals surface area (Å²) in [4.78, 5) is 37.3. The molecule has 0 radical (unpaired) electrons. The van der Waals surface area contributed by atoms with Crippen molar-refractivity contribution in [1.82, 2.24) is 4.90 Å². The molecule has 2 amide bonds. The molecule has 0 fully saturated rings. The van der Waals surface area contributed by atoms with Gasteiger partial charge in [-0.25, -0.2) is 4.79 Å². The number of thiol groups is 1. The van der Waals surface area contributed by atoms with Crippen molar-refractivity contribution in [3.05, 3.63) is 35.9 Å². The van der Waals surface area contributed by atoms with E-state index in [1.165, 1.54) is 0 Å². The normalized spacial score (nSPS) is 13.4. The highest BCUT2D eigenvalue weighted by Crippen LogP contribution is 2.16. The molecule has 0 aliphatic carbocycles. The van der Waals surface area contributed by atoms with Gasteiger partial charge in [-0.3, -0.25) is 14.5 Å². The first-order chi connectivity index (χ1) is 10.8. The minimum absolute atomic E-state index is 0.0262. The van der Waals surface area contributed by atoms with Crippen LogP contribution in [0.25, 0.3) is 0 Å². The summed E-state index contributed by atoms with van der Waals surface area (Å²) in [7, 11) is 0. The molecule has 0 aromatic heterocycles. The van der Waals surface area contributed by atoms with Gasteiger partial charge in [0.15, 0.2) is 0 Å². The van der Waals surface area contributed by atoms with Crippen molar-refractivity contribution in [3.8, 4) is 0 Å². The molecule has 126 valence electrons. The molecular formula is C16H22N2O4S. The maximum atomic E-state index is 12.6. The molecule has 7 heteroatoms. The van der Waals surface area contributed by atoms with E-state index in [1.807, 2.05) is 6.07 Å². The Hall–Kier alpha value is -1.86. The highest BCUT2D eigenvalue weighted by molar-refractivity contribution is 7.80. The Morgan fingerprint density at radius 3 is 2.22 bits per heavy atom. The van der Waals surface area contributed by atoms with Crippen molar-refractivity contribution >= 4 is 30.4 Å². The smallest absolute Gasteiger partial charge is 0.327 e. The molecule has 0 bridgehead atoms. The molecule has 1 aromatic carbocycles. The Morgan fingerprint density at radius 1 is 1.22 bits per heavy atom. The largest absolute Gasteiger partial charge is 0.480 e. The fourth-order valence-corrected chi connectivity index (χ4v) is 2.38. The minimum atomic E-state index is -1.26. The molecule has 1 rings (SSSR count). The highest BCUT2D eigenvalue weighted by Gasteiger charge is 2.38. The first-order valence-electron chi connectivity index (χ1n) is 7.28. The Bertz CT molecular complexity index is 562. The Balaban J connectivity index is 3.14. The SMILES string of the molecule is CC(C)C(C(=O)O)N(C(=O)Cc1ccccc1)C(=O)C(N)CS. The summed E-state index contributed by atoms with van der Waals surface area (Å²) in [6.45, 7) is 3.28. The Morgan fingerprint density at radius 2 is 1.78 bits per heavy atom. The van der Waals surface area contributed by atoms with Crippen molar-refractivity contribution in [1.29, 1.82) is 0 Å². The van der Waals surface area contributed by atoms with E-state index >= 15 is 0 Å². The van der Waals surface area contributed by atoms with Gasteiger partial charge in [0.25, 0.3) is 0 Å². The fraction of sp³-hybridized carbons (Fsp3) is 0.438. The van der Waals surface area contributed by atoms with E-state index in [1.54, 1.807) is 38.1 Å². The first-order valence-corrected chi connectivity index (χ1v) is 7.91. The van der Waals surface area contributed by atoms with Crippen LogP contribution in [0, 0.1) is 5.92 Å². The van der Waals surface area contributed by atoms with Gasteiger partial charge in [-0.1, -0.05) is 44.2 Å². The summed E-state index contributed by atoms with van der Waals surface area (Å²) >= 11 is 3.96. The lowest BCUT2D eigenvalue weighted by atomic mass is 10.0. The van der Waals surface area contributed by atoms with Gasteiger partial charge in [0.2, 0.25) is 11.8 Å². The zero-order valence-electron chi connectivity index (χ0n) is 13.2. The van der Waals surface area contributed by atoms with Gasteiger partial charge in [-0.15, -0.1) is 0 Å². The number of carboxylic acid groups (broad SMARTS) is 1. The lowest BCUT2D eigenvalue weighted by Gasteiger charge is -2.31. The highest BCUT2D eigenvalue weighted by atomic mass is 32.1. The average molecular weight is 338 g/mol. The lowest BCUT2D eigenvalue weighted by Crippen LogP contribution is -2.56. The maximum Gasteiger partial charge on any atom is 0.327 e. The molecule has 0 aliphatic heterocycles. The minimum Gasteiger partial charge on any atom is -0.480 e. The molecule has 0 heterocycles. The van der Waals surface area contributed by atoms with E-state index in [4.69, 9.17) is 5.73 Å². The number of benzene rings is 1. The van der Waals surface area contributed by atoms with Crippen LogP contribution >= 0.6 is 12.6 Å². The van der Waals surface area contributed by atoms with Crippen molar-refractivity contribution in [2.75, 3.05) is 5.75 Å². The third kappa shape index (κ3) is 5.07. The predicted molar refractivity (Wildman–Crippen MR) is 90.1 cm³/mol. The summed E-state index contributed by atoms with van der Waals surface area (Å²) in [5.74, 6) is -2.95. The van der Waals surface area contributed by atoms with E-state index in [-0.39, 0.29) is 12.2 Å². The van der Waals surface area contributed by atoms with E-state index in [2.05, 4.69) is 12.6 Å². The molecule has 6 nitrogen and oxygen atoms in total. The second-order valence-electron chi connectivity index (χ2n) is 5.58. The Labute approximate surface area is 141 Å². The first kappa shape index (κ1) is 19.2. The van der Waals surface area contributed by atoms with Gasteiger partial charge in [-0.2, -0.15) is 12.6 Å². The number of carboxylic acids is 1.